The van der Waals surface area contributed by atoms with Gasteiger partial charge in [0.2, 0.25) is 41.4 Å². The summed E-state index contributed by atoms with van der Waals surface area (Å²) in [6, 6.07) is -6.69. The maximum atomic E-state index is 14.9. The fourth-order valence-electron chi connectivity index (χ4n) is 10.9. The van der Waals surface area contributed by atoms with Crippen LogP contribution >= 0.6 is 0 Å². The van der Waals surface area contributed by atoms with Crippen molar-refractivity contribution in [3.05, 3.63) is 29.8 Å². The van der Waals surface area contributed by atoms with Gasteiger partial charge in [-0.25, -0.2) is 0 Å². The second kappa shape index (κ2) is 34.0. The minimum absolute atomic E-state index is 0.0604. The number of benzene rings is 1. The van der Waals surface area contributed by atoms with E-state index in [4.69, 9.17) is 20.9 Å². The lowest BCUT2D eigenvalue weighted by Gasteiger charge is -2.35. The summed E-state index contributed by atoms with van der Waals surface area (Å²) in [6.45, 7) is 8.72. The lowest BCUT2D eigenvalue weighted by molar-refractivity contribution is -0.155. The molecule has 83 heavy (non-hydrogen) atoms. The van der Waals surface area contributed by atoms with E-state index >= 15 is 0 Å². The predicted molar refractivity (Wildman–Crippen MR) is 299 cm³/mol. The van der Waals surface area contributed by atoms with Crippen LogP contribution < -0.4 is 43.4 Å². The second-order valence-electron chi connectivity index (χ2n) is 22.4. The Balaban J connectivity index is 1.83. The quantitative estimate of drug-likeness (QED) is 0.0366. The molecule has 0 bridgehead atoms. The number of hydrogen-bond acceptors (Lipinski definition) is 20. The SMILES string of the molecule is CCC(C)CC(C)CCCCCCCCC(=O)N[C@H]1C[C@@H](O)[C@@H](NCCN)NC(=O)[C@@H]2[C@@H](OC(C)=O)CCN2C(=O)[C@H]([C@H](O)CCN)NC(=O)[C@H]([C@H](O)[C@@H](O)c2ccc(O)cc2)NC(=O)[C@@H]2C[C@@H](O)CN2C(=O)[C@H]([C@@H](C)OC(C)=O)NC1=O. The summed E-state index contributed by atoms with van der Waals surface area (Å²) in [4.78, 5) is 129. The van der Waals surface area contributed by atoms with Gasteiger partial charge in [-0.2, -0.15) is 0 Å². The maximum Gasteiger partial charge on any atom is 0.302 e. The molecule has 0 aliphatic carbocycles. The molecule has 3 aliphatic rings. The summed E-state index contributed by atoms with van der Waals surface area (Å²) in [5, 5.41) is 83.2. The van der Waals surface area contributed by atoms with Gasteiger partial charge in [-0.1, -0.05) is 77.8 Å². The molecular formula is C56H92N10O17. The number of hydrogen-bond donors (Lipinski definition) is 14. The van der Waals surface area contributed by atoms with Crippen LogP contribution in [0.4, 0.5) is 0 Å². The number of carbonyl (C=O) groups excluding carboxylic acids is 9. The van der Waals surface area contributed by atoms with E-state index in [1.54, 1.807) is 0 Å². The molecule has 0 aromatic heterocycles. The first kappa shape index (κ1) is 69.4. The molecule has 3 heterocycles. The molecule has 3 fully saturated rings. The monoisotopic (exact) mass is 1180 g/mol. The summed E-state index contributed by atoms with van der Waals surface area (Å²) in [5.41, 5.74) is 11.6. The molecule has 2 unspecified atom stereocenters. The molecule has 0 saturated carbocycles. The number of phenolic OH excluding ortho intramolecular Hbond substituents is 1. The molecule has 3 aliphatic heterocycles. The third-order valence-corrected chi connectivity index (χ3v) is 15.5. The average molecular weight is 1180 g/mol. The highest BCUT2D eigenvalue weighted by molar-refractivity contribution is 5.98. The molecular weight excluding hydrogens is 1080 g/mol. The first-order valence-corrected chi connectivity index (χ1v) is 29.1. The lowest BCUT2D eigenvalue weighted by atomic mass is 9.91. The van der Waals surface area contributed by atoms with Crippen LogP contribution in [0, 0.1) is 11.8 Å². The van der Waals surface area contributed by atoms with E-state index in [1.807, 2.05) is 0 Å². The number of rotatable bonds is 25. The molecule has 468 valence electrons. The lowest BCUT2D eigenvalue weighted by Crippen LogP contribution is -2.65. The van der Waals surface area contributed by atoms with Crippen molar-refractivity contribution in [2.24, 2.45) is 23.3 Å². The Bertz CT molecular complexity index is 2320. The van der Waals surface area contributed by atoms with Gasteiger partial charge in [0.05, 0.1) is 18.3 Å². The standard InChI is InChI=1S/C56H92N10O17/c1-7-30(2)26-31(3)14-12-10-8-9-11-13-15-43(73)60-38-28-41(72)50(59-24-23-58)64-54(79)47-42(83-34(6)68)21-25-65(47)56(81)45(40(71)20-22-57)62-53(78)46(49(75)48(74)35-16-18-36(69)19-17-35)63-52(77)39-27-37(70)29-66(39)55(80)44(61-51(38)76)32(4)82-33(5)67/h16-19,30-32,37-42,44-50,59,69-72,74-75H,7-15,20-29,57-58H2,1-6H3,(H,60,73)(H,61,76)(H,62,78)(H,63,77)(H,64,79)/t30?,31?,32-,37-,38+,39+,40-,41-,42+,44+,45+,46+,47+,48+,49+,50+/m1/s1. The molecule has 27 nitrogen and oxygen atoms in total. The third kappa shape index (κ3) is 20.9. The van der Waals surface area contributed by atoms with E-state index in [1.165, 1.54) is 25.5 Å². The molecule has 16 atom stereocenters. The van der Waals surface area contributed by atoms with Crippen molar-refractivity contribution in [3.8, 4) is 5.75 Å². The number of unbranched alkanes of at least 4 members (excludes halogenated alkanes) is 5. The van der Waals surface area contributed by atoms with Crippen molar-refractivity contribution in [2.75, 3.05) is 32.7 Å². The van der Waals surface area contributed by atoms with Crippen molar-refractivity contribution < 1.29 is 83.3 Å². The van der Waals surface area contributed by atoms with E-state index in [0.717, 1.165) is 74.3 Å². The molecule has 7 amide bonds. The van der Waals surface area contributed by atoms with Crippen LogP contribution in [-0.4, -0.2) is 205 Å². The summed E-state index contributed by atoms with van der Waals surface area (Å²) >= 11 is 0. The Morgan fingerprint density at radius 3 is 1.99 bits per heavy atom. The molecule has 1 aromatic carbocycles. The summed E-state index contributed by atoms with van der Waals surface area (Å²) < 4.78 is 10.9. The van der Waals surface area contributed by atoms with Crippen LogP contribution in [0.2, 0.25) is 0 Å². The zero-order valence-corrected chi connectivity index (χ0v) is 48.7. The van der Waals surface area contributed by atoms with Gasteiger partial charge >= 0.3 is 11.9 Å². The first-order chi connectivity index (χ1) is 39.3. The van der Waals surface area contributed by atoms with E-state index in [-0.39, 0.29) is 56.8 Å². The molecule has 16 N–H and O–H groups in total. The highest BCUT2D eigenvalue weighted by atomic mass is 16.5. The Morgan fingerprint density at radius 2 is 1.36 bits per heavy atom. The number of ether oxygens (including phenoxy) is 2. The number of aromatic hydroxyl groups is 1. The van der Waals surface area contributed by atoms with Crippen molar-refractivity contribution in [1.29, 1.82) is 0 Å². The molecule has 4 rings (SSSR count). The number of nitrogens with one attached hydrogen (secondary N) is 6. The number of aliphatic hydroxyl groups is 5. The highest BCUT2D eigenvalue weighted by Gasteiger charge is 2.50. The van der Waals surface area contributed by atoms with Gasteiger partial charge in [0.15, 0.2) is 0 Å². The summed E-state index contributed by atoms with van der Waals surface area (Å²) in [7, 11) is 0. The largest absolute Gasteiger partial charge is 0.508 e. The van der Waals surface area contributed by atoms with Crippen molar-refractivity contribution >= 4 is 53.3 Å². The number of esters is 2. The second-order valence-corrected chi connectivity index (χ2v) is 22.4. The number of amides is 7. The zero-order valence-electron chi connectivity index (χ0n) is 48.7. The topological polar surface area (TPSA) is 424 Å². The normalized spacial score (nSPS) is 27.2. The smallest absolute Gasteiger partial charge is 0.302 e. The van der Waals surface area contributed by atoms with Gasteiger partial charge in [-0.05, 0) is 62.3 Å². The minimum atomic E-state index is -2.32. The first-order valence-electron chi connectivity index (χ1n) is 29.1. The third-order valence-electron chi connectivity index (χ3n) is 15.5. The van der Waals surface area contributed by atoms with Crippen LogP contribution in [0.1, 0.15) is 143 Å². The maximum absolute atomic E-state index is 14.9. The van der Waals surface area contributed by atoms with Crippen LogP contribution in [0.3, 0.4) is 0 Å². The number of carbonyl (C=O) groups is 9. The van der Waals surface area contributed by atoms with Crippen LogP contribution in [-0.2, 0) is 52.6 Å². The number of nitrogens with zero attached hydrogens (tertiary/aromatic N) is 2. The van der Waals surface area contributed by atoms with Gasteiger partial charge in [-0.15, -0.1) is 0 Å². The van der Waals surface area contributed by atoms with E-state index in [2.05, 4.69) is 52.7 Å². The number of nitrogens with two attached hydrogens (primary N) is 2. The Labute approximate surface area is 485 Å². The van der Waals surface area contributed by atoms with Gasteiger partial charge in [0.1, 0.15) is 72.6 Å². The fraction of sp³-hybridized carbons (Fsp3) is 0.732. The van der Waals surface area contributed by atoms with Crippen LogP contribution in [0.5, 0.6) is 5.75 Å². The number of aliphatic hydroxyl groups excluding tert-OH is 5. The van der Waals surface area contributed by atoms with E-state index in [0.29, 0.717) is 24.7 Å². The van der Waals surface area contributed by atoms with Gasteiger partial charge in [0, 0.05) is 65.7 Å². The van der Waals surface area contributed by atoms with Crippen molar-refractivity contribution in [2.45, 2.75) is 217 Å². The van der Waals surface area contributed by atoms with E-state index < -0.39 is 158 Å². The molecule has 1 aromatic rings. The van der Waals surface area contributed by atoms with Gasteiger partial charge in [0.25, 0.3) is 0 Å². The Kier molecular flexibility index (Phi) is 28.5. The molecule has 3 saturated heterocycles. The van der Waals surface area contributed by atoms with Crippen molar-refractivity contribution in [1.82, 2.24) is 41.7 Å². The van der Waals surface area contributed by atoms with Crippen molar-refractivity contribution in [3.63, 3.8) is 0 Å². The average Bonchev–Trinajstić information content (AvgIpc) is 4.31. The van der Waals surface area contributed by atoms with Gasteiger partial charge < -0.3 is 88.0 Å². The predicted octanol–water partition coefficient (Wildman–Crippen LogP) is -2.17. The Morgan fingerprint density at radius 1 is 0.735 bits per heavy atom. The van der Waals surface area contributed by atoms with E-state index in [9.17, 15) is 73.8 Å². The minimum Gasteiger partial charge on any atom is -0.508 e. The number of fused-ring (bicyclic) bond motifs is 2. The summed E-state index contributed by atoms with van der Waals surface area (Å²) in [5.74, 6) is -8.42. The molecule has 0 radical (unpaired) electrons. The highest BCUT2D eigenvalue weighted by Crippen LogP contribution is 2.28. The zero-order chi connectivity index (χ0) is 61.7. The number of phenols is 1. The fourth-order valence-corrected chi connectivity index (χ4v) is 10.9. The molecule has 27 heteroatoms. The van der Waals surface area contributed by atoms with Gasteiger partial charge in [-0.3, -0.25) is 48.5 Å². The van der Waals surface area contributed by atoms with Crippen LogP contribution in [0.15, 0.2) is 24.3 Å². The Hall–Kier alpha value is -6.07. The summed E-state index contributed by atoms with van der Waals surface area (Å²) in [6.07, 6.45) is -7.21. The molecule has 0 spiro atoms. The van der Waals surface area contributed by atoms with Crippen LogP contribution in [0.25, 0.3) is 0 Å².